The first-order chi connectivity index (χ1) is 10.1. The van der Waals surface area contributed by atoms with Crippen molar-refractivity contribution in [3.8, 4) is 0 Å². The first kappa shape index (κ1) is 15.8. The van der Waals surface area contributed by atoms with Crippen LogP contribution in [0.2, 0.25) is 0 Å². The summed E-state index contributed by atoms with van der Waals surface area (Å²) in [6, 6.07) is 8.78. The third-order valence-electron chi connectivity index (χ3n) is 4.22. The lowest BCUT2D eigenvalue weighted by Gasteiger charge is -2.38. The standard InChI is InChI=1S/C16H26N4O/c1-3-15(16(17)18-21)20-10-8-19(9-11-20)12-14-6-4-13(2)5-7-14/h4-7,15,21H,3,8-12H2,1-2H3,(H2,17,18). The Kier molecular flexibility index (Phi) is 5.59. The van der Waals surface area contributed by atoms with Crippen molar-refractivity contribution in [2.24, 2.45) is 10.9 Å². The number of oxime groups is 1. The maximum absolute atomic E-state index is 8.86. The number of nitrogens with two attached hydrogens (primary N) is 1. The summed E-state index contributed by atoms with van der Waals surface area (Å²) in [6.07, 6.45) is 0.869. The molecule has 1 unspecified atom stereocenters. The van der Waals surface area contributed by atoms with Gasteiger partial charge in [-0.05, 0) is 18.9 Å². The summed E-state index contributed by atoms with van der Waals surface area (Å²) in [5, 5.41) is 12.0. The van der Waals surface area contributed by atoms with E-state index < -0.39 is 0 Å². The highest BCUT2D eigenvalue weighted by molar-refractivity contribution is 5.85. The zero-order chi connectivity index (χ0) is 15.2. The number of amidine groups is 1. The molecule has 0 aliphatic carbocycles. The van der Waals surface area contributed by atoms with Crippen LogP contribution in [0.15, 0.2) is 29.4 Å². The van der Waals surface area contributed by atoms with Crippen LogP contribution in [0.4, 0.5) is 0 Å². The third kappa shape index (κ3) is 4.19. The summed E-state index contributed by atoms with van der Waals surface area (Å²) in [5.74, 6) is 0.324. The minimum Gasteiger partial charge on any atom is -0.409 e. The molecule has 1 saturated heterocycles. The van der Waals surface area contributed by atoms with E-state index in [9.17, 15) is 0 Å². The maximum atomic E-state index is 8.86. The molecule has 5 nitrogen and oxygen atoms in total. The Bertz CT molecular complexity index is 464. The Balaban J connectivity index is 1.86. The molecular formula is C16H26N4O. The van der Waals surface area contributed by atoms with Crippen LogP contribution in [-0.2, 0) is 6.54 Å². The average Bonchev–Trinajstić information content (AvgIpc) is 2.51. The molecule has 1 aromatic rings. The maximum Gasteiger partial charge on any atom is 0.156 e. The van der Waals surface area contributed by atoms with Gasteiger partial charge in [0.05, 0.1) is 6.04 Å². The minimum absolute atomic E-state index is 0.0523. The SMILES string of the molecule is CCC(C(N)=NO)N1CCN(Cc2ccc(C)cc2)CC1. The van der Waals surface area contributed by atoms with Gasteiger partial charge in [-0.1, -0.05) is 41.9 Å². The fourth-order valence-electron chi connectivity index (χ4n) is 2.91. The Hall–Kier alpha value is -1.59. The van der Waals surface area contributed by atoms with Crippen LogP contribution in [0.3, 0.4) is 0 Å². The van der Waals surface area contributed by atoms with Crippen molar-refractivity contribution >= 4 is 5.84 Å². The van der Waals surface area contributed by atoms with Gasteiger partial charge >= 0.3 is 0 Å². The second-order valence-corrected chi connectivity index (χ2v) is 5.75. The fraction of sp³-hybridized carbons (Fsp3) is 0.562. The van der Waals surface area contributed by atoms with E-state index in [2.05, 4.69) is 53.1 Å². The van der Waals surface area contributed by atoms with Crippen molar-refractivity contribution in [2.45, 2.75) is 32.9 Å². The summed E-state index contributed by atoms with van der Waals surface area (Å²) in [5.41, 5.74) is 8.43. The number of aryl methyl sites for hydroxylation is 1. The van der Waals surface area contributed by atoms with Crippen LogP contribution < -0.4 is 5.73 Å². The largest absolute Gasteiger partial charge is 0.409 e. The molecule has 116 valence electrons. The summed E-state index contributed by atoms with van der Waals surface area (Å²) in [6.45, 7) is 9.13. The van der Waals surface area contributed by atoms with Crippen molar-refractivity contribution < 1.29 is 5.21 Å². The van der Waals surface area contributed by atoms with Gasteiger partial charge in [0, 0.05) is 32.7 Å². The average molecular weight is 290 g/mol. The quantitative estimate of drug-likeness (QED) is 0.374. The van der Waals surface area contributed by atoms with Crippen molar-refractivity contribution in [1.82, 2.24) is 9.80 Å². The zero-order valence-corrected chi connectivity index (χ0v) is 13.0. The normalized spacial score (nSPS) is 19.6. The second kappa shape index (κ2) is 7.43. The van der Waals surface area contributed by atoms with Gasteiger partial charge in [-0.25, -0.2) is 0 Å². The van der Waals surface area contributed by atoms with Gasteiger partial charge in [0.25, 0.3) is 0 Å². The zero-order valence-electron chi connectivity index (χ0n) is 13.0. The van der Waals surface area contributed by atoms with Crippen molar-refractivity contribution in [3.63, 3.8) is 0 Å². The molecule has 1 aliphatic heterocycles. The van der Waals surface area contributed by atoms with E-state index in [0.29, 0.717) is 5.84 Å². The second-order valence-electron chi connectivity index (χ2n) is 5.75. The monoisotopic (exact) mass is 290 g/mol. The Morgan fingerprint density at radius 1 is 1.24 bits per heavy atom. The van der Waals surface area contributed by atoms with Crippen LogP contribution in [0, 0.1) is 6.92 Å². The predicted octanol–water partition coefficient (Wildman–Crippen LogP) is 1.64. The molecule has 0 amide bonds. The van der Waals surface area contributed by atoms with Gasteiger partial charge in [-0.3, -0.25) is 9.80 Å². The van der Waals surface area contributed by atoms with Crippen LogP contribution in [0.5, 0.6) is 0 Å². The van der Waals surface area contributed by atoms with Gasteiger partial charge in [-0.2, -0.15) is 0 Å². The molecule has 3 N–H and O–H groups in total. The van der Waals surface area contributed by atoms with Crippen LogP contribution in [0.25, 0.3) is 0 Å². The van der Waals surface area contributed by atoms with E-state index in [4.69, 9.17) is 10.9 Å². The highest BCUT2D eigenvalue weighted by atomic mass is 16.4. The number of piperazine rings is 1. The number of hydrogen-bond donors (Lipinski definition) is 2. The Labute approximate surface area is 127 Å². The molecule has 1 atom stereocenters. The number of rotatable bonds is 5. The highest BCUT2D eigenvalue weighted by Crippen LogP contribution is 2.13. The highest BCUT2D eigenvalue weighted by Gasteiger charge is 2.25. The lowest BCUT2D eigenvalue weighted by Crippen LogP contribution is -2.53. The van der Waals surface area contributed by atoms with Gasteiger partial charge < -0.3 is 10.9 Å². The molecule has 1 heterocycles. The van der Waals surface area contributed by atoms with Crippen LogP contribution in [0.1, 0.15) is 24.5 Å². The Morgan fingerprint density at radius 2 is 1.86 bits per heavy atom. The molecule has 1 aromatic carbocycles. The molecule has 0 saturated carbocycles. The van der Waals surface area contributed by atoms with E-state index in [1.807, 2.05) is 0 Å². The molecule has 0 aromatic heterocycles. The van der Waals surface area contributed by atoms with Crippen LogP contribution in [-0.4, -0.2) is 53.1 Å². The first-order valence-corrected chi connectivity index (χ1v) is 7.63. The molecule has 0 radical (unpaired) electrons. The molecule has 1 fully saturated rings. The van der Waals surface area contributed by atoms with Crippen molar-refractivity contribution in [1.29, 1.82) is 0 Å². The fourth-order valence-corrected chi connectivity index (χ4v) is 2.91. The van der Waals surface area contributed by atoms with E-state index in [0.717, 1.165) is 39.1 Å². The van der Waals surface area contributed by atoms with Crippen molar-refractivity contribution in [3.05, 3.63) is 35.4 Å². The summed E-state index contributed by atoms with van der Waals surface area (Å²) in [7, 11) is 0. The molecular weight excluding hydrogens is 264 g/mol. The molecule has 5 heteroatoms. The van der Waals surface area contributed by atoms with Crippen LogP contribution >= 0.6 is 0 Å². The molecule has 0 spiro atoms. The van der Waals surface area contributed by atoms with Gasteiger partial charge in [0.1, 0.15) is 0 Å². The molecule has 2 rings (SSSR count). The first-order valence-electron chi connectivity index (χ1n) is 7.63. The third-order valence-corrected chi connectivity index (χ3v) is 4.22. The molecule has 0 bridgehead atoms. The lowest BCUT2D eigenvalue weighted by atomic mass is 10.1. The number of hydrogen-bond acceptors (Lipinski definition) is 4. The van der Waals surface area contributed by atoms with E-state index in [1.54, 1.807) is 0 Å². The van der Waals surface area contributed by atoms with Crippen molar-refractivity contribution in [2.75, 3.05) is 26.2 Å². The summed E-state index contributed by atoms with van der Waals surface area (Å²) < 4.78 is 0. The molecule has 21 heavy (non-hydrogen) atoms. The molecule has 1 aliphatic rings. The number of benzene rings is 1. The Morgan fingerprint density at radius 3 is 2.38 bits per heavy atom. The van der Waals surface area contributed by atoms with Gasteiger partial charge in [-0.15, -0.1) is 0 Å². The van der Waals surface area contributed by atoms with E-state index >= 15 is 0 Å². The topological polar surface area (TPSA) is 65.1 Å². The smallest absolute Gasteiger partial charge is 0.156 e. The lowest BCUT2D eigenvalue weighted by molar-refractivity contribution is 0.110. The van der Waals surface area contributed by atoms with E-state index in [-0.39, 0.29) is 6.04 Å². The number of nitrogens with zero attached hydrogens (tertiary/aromatic N) is 3. The van der Waals surface area contributed by atoms with E-state index in [1.165, 1.54) is 11.1 Å². The van der Waals surface area contributed by atoms with Gasteiger partial charge in [0.15, 0.2) is 5.84 Å². The van der Waals surface area contributed by atoms with Gasteiger partial charge in [0.2, 0.25) is 0 Å². The summed E-state index contributed by atoms with van der Waals surface area (Å²) in [4.78, 5) is 4.76. The summed E-state index contributed by atoms with van der Waals surface area (Å²) >= 11 is 0. The minimum atomic E-state index is 0.0523. The predicted molar refractivity (Wildman–Crippen MR) is 85.5 cm³/mol.